The van der Waals surface area contributed by atoms with Crippen molar-refractivity contribution in [3.05, 3.63) is 119 Å². The van der Waals surface area contributed by atoms with E-state index in [4.69, 9.17) is 31.6 Å². The van der Waals surface area contributed by atoms with Crippen LogP contribution in [0.3, 0.4) is 0 Å². The van der Waals surface area contributed by atoms with Crippen molar-refractivity contribution in [3.63, 3.8) is 0 Å². The zero-order chi connectivity index (χ0) is 45.3. The van der Waals surface area contributed by atoms with Gasteiger partial charge in [0.1, 0.15) is 29.7 Å². The van der Waals surface area contributed by atoms with Crippen LogP contribution in [0.4, 0.5) is 38.0 Å². The standard InChI is InChI=1S/C22H20ClF3N4O3.C20H19F3N4O2/c1-2-33-20(32)21(13-29(14-21)18-8-5-16(10-27)11-28-18)30(19(31)9-23)12-15-3-6-17(7-4-15)22(24,25)26;1-2-29-18(28)19(12-27(13-19)17-8-5-15(9-24)10-25-17)26-11-14-3-6-16(7-4-14)20(21,22)23/h3-8,11H,2,9,12-14H2,1H3;3-8,10,26H,2,11-13H2,1H3. The SMILES string of the molecule is CCOC(=O)C1(N(Cc2ccc(C(F)(F)F)cc2)C(=O)CCl)CN(c2ccc(C#N)cn2)C1.CCOC(=O)C1(NCc2ccc(C(F)(F)F)cc2)CN(c2ccc(C#N)cn2)C1. The summed E-state index contributed by atoms with van der Waals surface area (Å²) < 4.78 is 87.2. The first-order valence-corrected chi connectivity index (χ1v) is 19.5. The molecule has 2 aliphatic heterocycles. The van der Waals surface area contributed by atoms with Crippen molar-refractivity contribution < 1.29 is 50.2 Å². The second kappa shape index (κ2) is 19.5. The molecule has 13 nitrogen and oxygen atoms in total. The average Bonchev–Trinajstić information content (AvgIpc) is 3.22. The van der Waals surface area contributed by atoms with Crippen molar-refractivity contribution in [2.24, 2.45) is 0 Å². The second-order valence-corrected chi connectivity index (χ2v) is 14.4. The molecule has 1 N–H and O–H groups in total. The van der Waals surface area contributed by atoms with Gasteiger partial charge in [-0.2, -0.15) is 36.9 Å². The Morgan fingerprint density at radius 3 is 1.58 bits per heavy atom. The molecule has 2 aromatic carbocycles. The summed E-state index contributed by atoms with van der Waals surface area (Å²) in [6, 6.07) is 19.7. The van der Waals surface area contributed by atoms with E-state index in [1.54, 1.807) is 43.0 Å². The van der Waals surface area contributed by atoms with E-state index in [1.807, 2.05) is 17.0 Å². The molecular weight excluding hydrogens is 846 g/mol. The van der Waals surface area contributed by atoms with Crippen molar-refractivity contribution in [1.29, 1.82) is 10.5 Å². The first kappa shape index (κ1) is 46.6. The summed E-state index contributed by atoms with van der Waals surface area (Å²) in [6.45, 7) is 4.42. The van der Waals surface area contributed by atoms with Crippen molar-refractivity contribution in [1.82, 2.24) is 20.2 Å². The first-order chi connectivity index (χ1) is 29.4. The fraction of sp³-hybridized carbons (Fsp3) is 0.357. The van der Waals surface area contributed by atoms with E-state index < -0.39 is 58.3 Å². The summed E-state index contributed by atoms with van der Waals surface area (Å²) in [5.74, 6) is -0.909. The second-order valence-electron chi connectivity index (χ2n) is 14.2. The third kappa shape index (κ3) is 10.7. The lowest BCUT2D eigenvalue weighted by atomic mass is 9.86. The molecular formula is C42H39ClF6N8O5. The third-order valence-electron chi connectivity index (χ3n) is 10.0. The molecule has 0 aliphatic carbocycles. The van der Waals surface area contributed by atoms with Crippen LogP contribution < -0.4 is 15.1 Å². The number of ether oxygens (including phenoxy) is 2. The fourth-order valence-corrected chi connectivity index (χ4v) is 6.81. The Morgan fingerprint density at radius 2 is 1.18 bits per heavy atom. The number of nitriles is 2. The number of carbonyl (C=O) groups excluding carboxylic acids is 3. The van der Waals surface area contributed by atoms with Gasteiger partial charge in [0.15, 0.2) is 11.1 Å². The minimum atomic E-state index is -4.49. The maximum Gasteiger partial charge on any atom is 0.416 e. The Morgan fingerprint density at radius 1 is 0.726 bits per heavy atom. The number of hydrogen-bond acceptors (Lipinski definition) is 12. The number of amides is 1. The molecule has 2 saturated heterocycles. The summed E-state index contributed by atoms with van der Waals surface area (Å²) >= 11 is 5.81. The third-order valence-corrected chi connectivity index (χ3v) is 10.2. The zero-order valence-corrected chi connectivity index (χ0v) is 34.0. The number of nitrogens with one attached hydrogen (secondary N) is 1. The van der Waals surface area contributed by atoms with Crippen LogP contribution in [0.2, 0.25) is 0 Å². The van der Waals surface area contributed by atoms with Gasteiger partial charge in [0.05, 0.1) is 61.6 Å². The van der Waals surface area contributed by atoms with Gasteiger partial charge in [-0.1, -0.05) is 24.3 Å². The summed E-state index contributed by atoms with van der Waals surface area (Å²) in [7, 11) is 0. The molecule has 6 rings (SSSR count). The van der Waals surface area contributed by atoms with Crippen LogP contribution in [0.25, 0.3) is 0 Å². The number of pyridine rings is 2. The van der Waals surface area contributed by atoms with Crippen molar-refractivity contribution in [3.8, 4) is 12.1 Å². The molecule has 62 heavy (non-hydrogen) atoms. The number of esters is 2. The normalized spacial score (nSPS) is 15.0. The molecule has 0 radical (unpaired) electrons. The van der Waals surface area contributed by atoms with Crippen molar-refractivity contribution in [2.45, 2.75) is 50.4 Å². The van der Waals surface area contributed by atoms with Crippen LogP contribution in [0, 0.1) is 22.7 Å². The average molecular weight is 885 g/mol. The number of halogens is 7. The van der Waals surface area contributed by atoms with E-state index >= 15 is 0 Å². The monoisotopic (exact) mass is 884 g/mol. The van der Waals surface area contributed by atoms with Gasteiger partial charge in [-0.15, -0.1) is 11.6 Å². The topological polar surface area (TPSA) is 165 Å². The van der Waals surface area contributed by atoms with Crippen LogP contribution in [0.5, 0.6) is 0 Å². The van der Waals surface area contributed by atoms with E-state index in [2.05, 4.69) is 15.3 Å². The highest BCUT2D eigenvalue weighted by atomic mass is 35.5. The van der Waals surface area contributed by atoms with Gasteiger partial charge in [0, 0.05) is 25.5 Å². The number of anilines is 2. The molecule has 0 unspecified atom stereocenters. The quantitative estimate of drug-likeness (QED) is 0.0914. The van der Waals surface area contributed by atoms with Crippen LogP contribution in [0.1, 0.15) is 47.2 Å². The summed E-state index contributed by atoms with van der Waals surface area (Å²) in [5.41, 5.74) is -2.07. The van der Waals surface area contributed by atoms with Crippen LogP contribution in [-0.4, -0.2) is 89.1 Å². The molecule has 0 atom stereocenters. The van der Waals surface area contributed by atoms with Gasteiger partial charge in [0.25, 0.3) is 0 Å². The summed E-state index contributed by atoms with van der Waals surface area (Å²) in [5, 5.41) is 20.9. The van der Waals surface area contributed by atoms with E-state index in [0.29, 0.717) is 47.0 Å². The molecule has 20 heteroatoms. The van der Waals surface area contributed by atoms with Crippen molar-refractivity contribution >= 4 is 41.1 Å². The summed E-state index contributed by atoms with van der Waals surface area (Å²) in [6.07, 6.45) is -6.03. The number of rotatable bonds is 13. The molecule has 4 heterocycles. The highest BCUT2D eigenvalue weighted by molar-refractivity contribution is 6.27. The maximum atomic E-state index is 13.0. The van der Waals surface area contributed by atoms with Gasteiger partial charge < -0.3 is 24.2 Å². The predicted molar refractivity (Wildman–Crippen MR) is 212 cm³/mol. The lowest BCUT2D eigenvalue weighted by Crippen LogP contribution is -2.75. The molecule has 4 aromatic rings. The lowest BCUT2D eigenvalue weighted by molar-refractivity contribution is -0.166. The molecule has 326 valence electrons. The van der Waals surface area contributed by atoms with Gasteiger partial charge in [-0.3, -0.25) is 10.1 Å². The maximum absolute atomic E-state index is 13.0. The fourth-order valence-electron chi connectivity index (χ4n) is 6.67. The number of alkyl halides is 7. The smallest absolute Gasteiger partial charge is 0.416 e. The molecule has 0 bridgehead atoms. The Balaban J connectivity index is 0.000000236. The number of benzene rings is 2. The van der Waals surface area contributed by atoms with Gasteiger partial charge in [0.2, 0.25) is 5.91 Å². The largest absolute Gasteiger partial charge is 0.465 e. The highest BCUT2D eigenvalue weighted by Gasteiger charge is 2.57. The van der Waals surface area contributed by atoms with E-state index in [1.165, 1.54) is 41.6 Å². The minimum absolute atomic E-state index is 0.0496. The van der Waals surface area contributed by atoms with Crippen molar-refractivity contribution in [2.75, 3.05) is 55.1 Å². The summed E-state index contributed by atoms with van der Waals surface area (Å²) in [4.78, 5) is 51.5. The molecule has 1 amide bonds. The molecule has 0 spiro atoms. The Kier molecular flexibility index (Phi) is 14.7. The molecule has 2 aromatic heterocycles. The van der Waals surface area contributed by atoms with Gasteiger partial charge >= 0.3 is 24.3 Å². The Bertz CT molecular complexity index is 2270. The van der Waals surface area contributed by atoms with E-state index in [-0.39, 0.29) is 39.4 Å². The number of carbonyl (C=O) groups is 3. The number of aromatic nitrogens is 2. The van der Waals surface area contributed by atoms with Crippen LogP contribution >= 0.6 is 11.6 Å². The van der Waals surface area contributed by atoms with E-state index in [9.17, 15) is 40.7 Å². The minimum Gasteiger partial charge on any atom is -0.465 e. The van der Waals surface area contributed by atoms with Crippen LogP contribution in [-0.2, 0) is 49.3 Å². The number of nitrogens with zero attached hydrogens (tertiary/aromatic N) is 7. The van der Waals surface area contributed by atoms with E-state index in [0.717, 1.165) is 24.3 Å². The Hall–Kier alpha value is -6.44. The molecule has 2 fully saturated rings. The zero-order valence-electron chi connectivity index (χ0n) is 33.3. The first-order valence-electron chi connectivity index (χ1n) is 18.9. The van der Waals surface area contributed by atoms with Crippen LogP contribution in [0.15, 0.2) is 85.2 Å². The predicted octanol–water partition coefficient (Wildman–Crippen LogP) is 6.25. The lowest BCUT2D eigenvalue weighted by Gasteiger charge is -2.53. The Labute approximate surface area is 357 Å². The van der Waals surface area contributed by atoms with Gasteiger partial charge in [-0.25, -0.2) is 19.6 Å². The molecule has 2 aliphatic rings. The van der Waals surface area contributed by atoms with Gasteiger partial charge in [-0.05, 0) is 73.5 Å². The highest BCUT2D eigenvalue weighted by Crippen LogP contribution is 2.36. The molecule has 0 saturated carbocycles. The number of hydrogen-bond donors (Lipinski definition) is 1.